The molecule has 4 N–H and O–H groups in total. The van der Waals surface area contributed by atoms with Crippen molar-refractivity contribution in [2.45, 2.75) is 0 Å². The zero-order chi connectivity index (χ0) is 26.0. The van der Waals surface area contributed by atoms with Crippen LogP contribution in [0.15, 0.2) is 91.0 Å². The number of benzene rings is 6. The van der Waals surface area contributed by atoms with E-state index in [9.17, 15) is 20.4 Å². The number of phenolic OH excluding ortho intramolecular Hbond substituents is 4. The Hall–Kier alpha value is -5.43. The van der Waals surface area contributed by atoms with E-state index < -0.39 is 0 Å². The summed E-state index contributed by atoms with van der Waals surface area (Å²) in [4.78, 5) is 14.0. The number of phenols is 4. The van der Waals surface area contributed by atoms with Crippen LogP contribution in [0, 0.1) is 0 Å². The van der Waals surface area contributed by atoms with Gasteiger partial charge in [-0.15, -0.1) is 0 Å². The van der Waals surface area contributed by atoms with Gasteiger partial charge in [0, 0.05) is 17.7 Å². The van der Waals surface area contributed by atoms with E-state index in [1.807, 2.05) is 18.2 Å². The molecule has 0 bridgehead atoms. The third-order valence-electron chi connectivity index (χ3n) is 6.85. The van der Waals surface area contributed by atoms with Crippen LogP contribution < -0.4 is 0 Å². The monoisotopic (exact) mass is 497 g/mol. The van der Waals surface area contributed by atoms with E-state index >= 15 is 0 Å². The summed E-state index contributed by atoms with van der Waals surface area (Å²) in [7, 11) is 0. The quantitative estimate of drug-likeness (QED) is 0.203. The minimum Gasteiger partial charge on any atom is -0.508 e. The molecular weight excluding hydrogens is 478 g/mol. The van der Waals surface area contributed by atoms with Gasteiger partial charge in [0.15, 0.2) is 17.5 Å². The molecule has 0 saturated heterocycles. The van der Waals surface area contributed by atoms with Crippen LogP contribution in [0.5, 0.6) is 23.0 Å². The van der Waals surface area contributed by atoms with Crippen molar-refractivity contribution >= 4 is 32.3 Å². The third kappa shape index (κ3) is 3.33. The number of aromatic hydroxyl groups is 4. The fourth-order valence-electron chi connectivity index (χ4n) is 5.09. The van der Waals surface area contributed by atoms with Crippen LogP contribution in [0.25, 0.3) is 66.5 Å². The van der Waals surface area contributed by atoms with E-state index in [0.29, 0.717) is 17.0 Å². The molecule has 0 radical (unpaired) electrons. The van der Waals surface area contributed by atoms with E-state index in [2.05, 4.69) is 41.4 Å². The second kappa shape index (κ2) is 8.04. The van der Waals surface area contributed by atoms with Crippen molar-refractivity contribution in [3.8, 4) is 57.2 Å². The Morgan fingerprint density at radius 2 is 0.868 bits per heavy atom. The zero-order valence-corrected chi connectivity index (χ0v) is 19.8. The first-order valence-electron chi connectivity index (χ1n) is 11.9. The molecule has 0 unspecified atom stereocenters. The topological polar surface area (TPSA) is 120 Å². The maximum absolute atomic E-state index is 10.6. The van der Waals surface area contributed by atoms with E-state index in [0.717, 1.165) is 37.9 Å². The van der Waals surface area contributed by atoms with Crippen molar-refractivity contribution in [2.75, 3.05) is 0 Å². The molecule has 0 aliphatic heterocycles. The number of hydrogen-bond donors (Lipinski definition) is 4. The van der Waals surface area contributed by atoms with Gasteiger partial charge in [-0.3, -0.25) is 0 Å². The number of rotatable bonds is 3. The molecule has 0 amide bonds. The third-order valence-corrected chi connectivity index (χ3v) is 6.85. The van der Waals surface area contributed by atoms with Gasteiger partial charge in [0.1, 0.15) is 23.0 Å². The van der Waals surface area contributed by atoms with Crippen LogP contribution in [-0.4, -0.2) is 35.4 Å². The molecular formula is C31H19N3O4. The van der Waals surface area contributed by atoms with Crippen molar-refractivity contribution in [1.29, 1.82) is 0 Å². The van der Waals surface area contributed by atoms with Crippen LogP contribution in [0.3, 0.4) is 0 Å². The average Bonchev–Trinajstić information content (AvgIpc) is 2.91. The maximum atomic E-state index is 10.6. The highest BCUT2D eigenvalue weighted by atomic mass is 16.3. The second-order valence-electron chi connectivity index (χ2n) is 9.18. The summed E-state index contributed by atoms with van der Waals surface area (Å²) in [5.74, 6) is 0.105. The first kappa shape index (κ1) is 21.8. The first-order valence-corrected chi connectivity index (χ1v) is 11.9. The summed E-state index contributed by atoms with van der Waals surface area (Å²) in [5, 5.41) is 47.3. The Labute approximate surface area is 215 Å². The highest BCUT2D eigenvalue weighted by Gasteiger charge is 2.19. The molecule has 0 atom stereocenters. The summed E-state index contributed by atoms with van der Waals surface area (Å²) < 4.78 is 0. The van der Waals surface area contributed by atoms with Gasteiger partial charge in [-0.25, -0.2) is 15.0 Å². The molecule has 0 saturated carbocycles. The summed E-state index contributed by atoms with van der Waals surface area (Å²) in [6.45, 7) is 0. The van der Waals surface area contributed by atoms with E-state index in [1.54, 1.807) is 0 Å². The van der Waals surface area contributed by atoms with Crippen molar-refractivity contribution in [2.24, 2.45) is 0 Å². The molecule has 0 fully saturated rings. The van der Waals surface area contributed by atoms with E-state index in [-0.39, 0.29) is 34.6 Å². The molecule has 0 aliphatic rings. The Kier molecular flexibility index (Phi) is 4.62. The molecule has 0 aliphatic carbocycles. The fourth-order valence-corrected chi connectivity index (χ4v) is 5.09. The summed E-state index contributed by atoms with van der Waals surface area (Å²) >= 11 is 0. The second-order valence-corrected chi connectivity index (χ2v) is 9.18. The van der Waals surface area contributed by atoms with Gasteiger partial charge in [-0.1, -0.05) is 48.5 Å². The minimum atomic E-state index is -0.196. The molecule has 7 rings (SSSR count). The van der Waals surface area contributed by atoms with Gasteiger partial charge >= 0.3 is 0 Å². The molecule has 182 valence electrons. The summed E-state index contributed by atoms with van der Waals surface area (Å²) in [5.41, 5.74) is 1.35. The fraction of sp³-hybridized carbons (Fsp3) is 0. The first-order chi connectivity index (χ1) is 18.5. The zero-order valence-electron chi connectivity index (χ0n) is 19.8. The SMILES string of the molecule is Oc1ccc(-c2nc(-c3ccc(O)cc3O)nc(-c3ccc4ccc5cccc6ccc3c4c56)n2)c(O)c1. The van der Waals surface area contributed by atoms with Gasteiger partial charge in [0.2, 0.25) is 0 Å². The maximum Gasteiger partial charge on any atom is 0.167 e. The molecule has 0 spiro atoms. The Morgan fingerprint density at radius 3 is 1.42 bits per heavy atom. The van der Waals surface area contributed by atoms with Crippen LogP contribution in [0.1, 0.15) is 0 Å². The lowest BCUT2D eigenvalue weighted by atomic mass is 9.92. The van der Waals surface area contributed by atoms with Gasteiger partial charge in [-0.2, -0.15) is 0 Å². The van der Waals surface area contributed by atoms with E-state index in [1.165, 1.54) is 36.4 Å². The normalized spacial score (nSPS) is 11.6. The number of nitrogens with zero attached hydrogens (tertiary/aromatic N) is 3. The van der Waals surface area contributed by atoms with Crippen molar-refractivity contribution < 1.29 is 20.4 Å². The molecule has 1 heterocycles. The van der Waals surface area contributed by atoms with Gasteiger partial charge in [0.05, 0.1) is 11.1 Å². The summed E-state index contributed by atoms with van der Waals surface area (Å²) in [6, 6.07) is 26.9. The molecule has 6 aromatic carbocycles. The largest absolute Gasteiger partial charge is 0.508 e. The molecule has 7 heteroatoms. The van der Waals surface area contributed by atoms with Crippen LogP contribution >= 0.6 is 0 Å². The van der Waals surface area contributed by atoms with Crippen LogP contribution in [0.2, 0.25) is 0 Å². The highest BCUT2D eigenvalue weighted by molar-refractivity contribution is 6.25. The van der Waals surface area contributed by atoms with Crippen molar-refractivity contribution in [3.63, 3.8) is 0 Å². The van der Waals surface area contributed by atoms with Gasteiger partial charge < -0.3 is 20.4 Å². The minimum absolute atomic E-state index is 0.0938. The number of hydrogen-bond acceptors (Lipinski definition) is 7. The van der Waals surface area contributed by atoms with Crippen molar-refractivity contribution in [3.05, 3.63) is 91.0 Å². The lowest BCUT2D eigenvalue weighted by Crippen LogP contribution is -2.01. The Bertz CT molecular complexity index is 1950. The van der Waals surface area contributed by atoms with Crippen molar-refractivity contribution in [1.82, 2.24) is 15.0 Å². The van der Waals surface area contributed by atoms with Gasteiger partial charge in [-0.05, 0) is 62.6 Å². The predicted octanol–water partition coefficient (Wildman–Crippen LogP) is 6.59. The molecule has 1 aromatic heterocycles. The highest BCUT2D eigenvalue weighted by Crippen LogP contribution is 2.40. The lowest BCUT2D eigenvalue weighted by molar-refractivity contribution is 0.451. The molecule has 38 heavy (non-hydrogen) atoms. The van der Waals surface area contributed by atoms with Crippen LogP contribution in [-0.2, 0) is 0 Å². The average molecular weight is 498 g/mol. The predicted molar refractivity (Wildman–Crippen MR) is 146 cm³/mol. The Balaban J connectivity index is 1.54. The molecule has 7 aromatic rings. The van der Waals surface area contributed by atoms with E-state index in [4.69, 9.17) is 9.97 Å². The Morgan fingerprint density at radius 1 is 0.421 bits per heavy atom. The van der Waals surface area contributed by atoms with Crippen LogP contribution in [0.4, 0.5) is 0 Å². The smallest absolute Gasteiger partial charge is 0.167 e. The standard InChI is InChI=1S/C31H19N3O4/c35-19-8-12-23(25(37)14-19)30-32-29(33-31(34-30)24-13-9-20(36)15-26(24)38)22-11-7-18-5-4-16-2-1-3-17-6-10-21(22)28(18)27(16)17/h1-15,35-38H. The summed E-state index contributed by atoms with van der Waals surface area (Å²) in [6.07, 6.45) is 0. The lowest BCUT2D eigenvalue weighted by Gasteiger charge is -2.15. The van der Waals surface area contributed by atoms with Gasteiger partial charge in [0.25, 0.3) is 0 Å². The molecule has 7 nitrogen and oxygen atoms in total. The number of aromatic nitrogens is 3.